The molecule has 0 amide bonds. The minimum Gasteiger partial charge on any atom is -0.373 e. The summed E-state index contributed by atoms with van der Waals surface area (Å²) in [5.74, 6) is 4.37. The Bertz CT molecular complexity index is 1050. The molecule has 2 aromatic rings. The van der Waals surface area contributed by atoms with E-state index in [1.54, 1.807) is 5.56 Å². The molecule has 6 rings (SSSR count). The van der Waals surface area contributed by atoms with Crippen molar-refractivity contribution in [2.45, 2.75) is 110 Å². The lowest BCUT2D eigenvalue weighted by molar-refractivity contribution is -0.152. The molecule has 1 aromatic heterocycles. The van der Waals surface area contributed by atoms with Crippen LogP contribution in [0, 0.1) is 34.5 Å². The molecule has 4 aliphatic carbocycles. The molecular weight excluding hydrogens is 414 g/mol. The fourth-order valence-electron chi connectivity index (χ4n) is 9.69. The minimum absolute atomic E-state index is 0.0135. The van der Waals surface area contributed by atoms with Crippen molar-refractivity contribution in [3.63, 3.8) is 0 Å². The SMILES string of the molecule is CC(C)(C)O[C@@H]1CC[C@@]2(C)[C@@H](CC[C@@H]3[C@@H]2CC[C@]2(C)[C@@H](c4ccc5cnccc5c4)CC[C@@H]32)C1. The van der Waals surface area contributed by atoms with E-state index < -0.39 is 0 Å². The van der Waals surface area contributed by atoms with E-state index in [0.29, 0.717) is 16.9 Å². The maximum Gasteiger partial charge on any atom is 0.0602 e. The summed E-state index contributed by atoms with van der Waals surface area (Å²) in [6.07, 6.45) is 16.9. The topological polar surface area (TPSA) is 22.1 Å². The molecule has 1 aromatic carbocycles. The van der Waals surface area contributed by atoms with Crippen LogP contribution in [-0.4, -0.2) is 16.7 Å². The highest BCUT2D eigenvalue weighted by Gasteiger charge is 2.60. The molecule has 4 saturated carbocycles. The van der Waals surface area contributed by atoms with Gasteiger partial charge in [0.1, 0.15) is 0 Å². The standard InChI is InChI=1S/C32H45NO/c1-30(2,3)34-25-12-15-31(4)24(19-25)8-9-26-28-11-10-27(32(28,5)16-13-29(26)31)22-6-7-23-20-33-17-14-21(23)18-22/h6-7,14,17-18,20,24-29H,8-13,15-16,19H2,1-5H3/t24-,25+,26-,27+,28-,29-,31-,32+/m0/s1. The molecule has 4 fully saturated rings. The fourth-order valence-corrected chi connectivity index (χ4v) is 9.69. The Morgan fingerprint density at radius 1 is 0.853 bits per heavy atom. The molecule has 2 nitrogen and oxygen atoms in total. The number of ether oxygens (including phenoxy) is 1. The third kappa shape index (κ3) is 3.66. The summed E-state index contributed by atoms with van der Waals surface area (Å²) >= 11 is 0. The van der Waals surface area contributed by atoms with Crippen LogP contribution in [0.1, 0.15) is 104 Å². The number of benzene rings is 1. The molecule has 0 N–H and O–H groups in total. The number of fused-ring (bicyclic) bond motifs is 6. The molecular formula is C32H45NO. The van der Waals surface area contributed by atoms with E-state index in [0.717, 1.165) is 29.6 Å². The molecule has 0 radical (unpaired) electrons. The van der Waals surface area contributed by atoms with Gasteiger partial charge in [-0.25, -0.2) is 0 Å². The van der Waals surface area contributed by atoms with E-state index in [1.165, 1.54) is 68.6 Å². The number of aromatic nitrogens is 1. The average Bonchev–Trinajstić information content (AvgIpc) is 3.15. The van der Waals surface area contributed by atoms with Crippen LogP contribution in [0.5, 0.6) is 0 Å². The van der Waals surface area contributed by atoms with Gasteiger partial charge in [0.15, 0.2) is 0 Å². The van der Waals surface area contributed by atoms with Crippen LogP contribution in [0.2, 0.25) is 0 Å². The van der Waals surface area contributed by atoms with Crippen LogP contribution >= 0.6 is 0 Å². The molecule has 0 bridgehead atoms. The van der Waals surface area contributed by atoms with Gasteiger partial charge in [-0.05, 0) is 136 Å². The summed E-state index contributed by atoms with van der Waals surface area (Å²) in [5.41, 5.74) is 2.58. The first kappa shape index (κ1) is 23.0. The number of hydrogen-bond donors (Lipinski definition) is 0. The second-order valence-electron chi connectivity index (χ2n) is 13.9. The zero-order valence-electron chi connectivity index (χ0n) is 22.1. The van der Waals surface area contributed by atoms with E-state index in [2.05, 4.69) is 63.9 Å². The molecule has 1 heterocycles. The zero-order valence-corrected chi connectivity index (χ0v) is 22.1. The number of pyridine rings is 1. The smallest absolute Gasteiger partial charge is 0.0602 e. The van der Waals surface area contributed by atoms with Gasteiger partial charge < -0.3 is 4.74 Å². The number of hydrogen-bond acceptors (Lipinski definition) is 2. The Morgan fingerprint density at radius 2 is 1.65 bits per heavy atom. The summed E-state index contributed by atoms with van der Waals surface area (Å²) in [7, 11) is 0. The summed E-state index contributed by atoms with van der Waals surface area (Å²) in [4.78, 5) is 4.32. The van der Waals surface area contributed by atoms with Crippen molar-refractivity contribution >= 4 is 10.8 Å². The molecule has 184 valence electrons. The second kappa shape index (κ2) is 8.05. The van der Waals surface area contributed by atoms with Crippen molar-refractivity contribution in [3.05, 3.63) is 42.2 Å². The molecule has 2 heteroatoms. The largest absolute Gasteiger partial charge is 0.373 e. The lowest BCUT2D eigenvalue weighted by Crippen LogP contribution is -2.54. The Balaban J connectivity index is 1.23. The normalized spacial score (nSPS) is 42.1. The van der Waals surface area contributed by atoms with Gasteiger partial charge in [0.2, 0.25) is 0 Å². The van der Waals surface area contributed by atoms with Gasteiger partial charge in [-0.1, -0.05) is 32.0 Å². The first-order valence-corrected chi connectivity index (χ1v) is 14.2. The minimum atomic E-state index is -0.0135. The maximum atomic E-state index is 6.48. The highest BCUT2D eigenvalue weighted by molar-refractivity contribution is 5.82. The molecule has 8 atom stereocenters. The lowest BCUT2D eigenvalue weighted by atomic mass is 9.44. The summed E-state index contributed by atoms with van der Waals surface area (Å²) in [5, 5.41) is 2.63. The average molecular weight is 460 g/mol. The van der Waals surface area contributed by atoms with Crippen LogP contribution < -0.4 is 0 Å². The fraction of sp³-hybridized carbons (Fsp3) is 0.719. The van der Waals surface area contributed by atoms with Crippen LogP contribution in [0.4, 0.5) is 0 Å². The van der Waals surface area contributed by atoms with Crippen molar-refractivity contribution in [1.29, 1.82) is 0 Å². The third-order valence-electron chi connectivity index (χ3n) is 11.2. The van der Waals surface area contributed by atoms with Crippen LogP contribution in [0.25, 0.3) is 10.8 Å². The van der Waals surface area contributed by atoms with Gasteiger partial charge >= 0.3 is 0 Å². The van der Waals surface area contributed by atoms with Crippen molar-refractivity contribution in [2.75, 3.05) is 0 Å². The van der Waals surface area contributed by atoms with Crippen molar-refractivity contribution < 1.29 is 4.74 Å². The maximum absolute atomic E-state index is 6.48. The Labute approximate surface area is 207 Å². The summed E-state index contributed by atoms with van der Waals surface area (Å²) in [6, 6.07) is 9.40. The molecule has 34 heavy (non-hydrogen) atoms. The lowest BCUT2D eigenvalue weighted by Gasteiger charge is -2.61. The zero-order chi connectivity index (χ0) is 23.7. The molecule has 0 unspecified atom stereocenters. The highest BCUT2D eigenvalue weighted by Crippen LogP contribution is 2.69. The highest BCUT2D eigenvalue weighted by atomic mass is 16.5. The predicted octanol–water partition coefficient (Wildman–Crippen LogP) is 8.54. The Hall–Kier alpha value is -1.41. The van der Waals surface area contributed by atoms with Crippen LogP contribution in [0.15, 0.2) is 36.7 Å². The molecule has 0 saturated heterocycles. The molecule has 0 aliphatic heterocycles. The van der Waals surface area contributed by atoms with Crippen molar-refractivity contribution in [1.82, 2.24) is 4.98 Å². The molecule has 0 spiro atoms. The Morgan fingerprint density at radius 3 is 2.47 bits per heavy atom. The van der Waals surface area contributed by atoms with Crippen LogP contribution in [0.3, 0.4) is 0 Å². The van der Waals surface area contributed by atoms with Crippen molar-refractivity contribution in [3.8, 4) is 0 Å². The summed E-state index contributed by atoms with van der Waals surface area (Å²) < 4.78 is 6.48. The van der Waals surface area contributed by atoms with E-state index in [4.69, 9.17) is 4.74 Å². The van der Waals surface area contributed by atoms with Gasteiger partial charge in [-0.15, -0.1) is 0 Å². The van der Waals surface area contributed by atoms with Gasteiger partial charge in [0.05, 0.1) is 11.7 Å². The molecule has 4 aliphatic rings. The second-order valence-corrected chi connectivity index (χ2v) is 13.9. The van der Waals surface area contributed by atoms with Gasteiger partial charge in [0, 0.05) is 17.8 Å². The van der Waals surface area contributed by atoms with Crippen LogP contribution in [-0.2, 0) is 4.74 Å². The third-order valence-corrected chi connectivity index (χ3v) is 11.2. The predicted molar refractivity (Wildman–Crippen MR) is 141 cm³/mol. The van der Waals surface area contributed by atoms with Gasteiger partial charge in [-0.2, -0.15) is 0 Å². The number of nitrogens with zero attached hydrogens (tertiary/aromatic N) is 1. The van der Waals surface area contributed by atoms with E-state index in [-0.39, 0.29) is 5.60 Å². The van der Waals surface area contributed by atoms with Gasteiger partial charge in [0.25, 0.3) is 0 Å². The van der Waals surface area contributed by atoms with E-state index in [1.807, 2.05) is 12.4 Å². The van der Waals surface area contributed by atoms with Crippen molar-refractivity contribution in [2.24, 2.45) is 34.5 Å². The van der Waals surface area contributed by atoms with E-state index in [9.17, 15) is 0 Å². The first-order valence-electron chi connectivity index (χ1n) is 14.2. The van der Waals surface area contributed by atoms with E-state index >= 15 is 0 Å². The Kier molecular flexibility index (Phi) is 5.45. The van der Waals surface area contributed by atoms with Gasteiger partial charge in [-0.3, -0.25) is 4.98 Å². The summed E-state index contributed by atoms with van der Waals surface area (Å²) in [6.45, 7) is 12.0. The quantitative estimate of drug-likeness (QED) is 0.449. The number of rotatable bonds is 2. The monoisotopic (exact) mass is 459 g/mol. The first-order chi connectivity index (χ1) is 16.2.